The molecule has 2 heterocycles. The molecule has 0 aliphatic rings. The Hall–Kier alpha value is -3.01. The molecule has 0 saturated carbocycles. The van der Waals surface area contributed by atoms with Crippen molar-refractivity contribution in [3.05, 3.63) is 89.8 Å². The van der Waals surface area contributed by atoms with Crippen LogP contribution in [0, 0.1) is 12.3 Å². The number of allylic oxidation sites excluding steroid dienone is 1. The van der Waals surface area contributed by atoms with Gasteiger partial charge in [-0.1, -0.05) is 57.7 Å². The Kier molecular flexibility index (Phi) is 7.21. The van der Waals surface area contributed by atoms with E-state index in [0.717, 1.165) is 47.6 Å². The van der Waals surface area contributed by atoms with Crippen LogP contribution in [0.25, 0.3) is 11.3 Å². The molecule has 31 heavy (non-hydrogen) atoms. The molecule has 0 saturated heterocycles. The Bertz CT molecular complexity index is 999. The van der Waals surface area contributed by atoms with E-state index in [1.807, 2.05) is 13.1 Å². The van der Waals surface area contributed by atoms with Gasteiger partial charge < -0.3 is 5.32 Å². The van der Waals surface area contributed by atoms with E-state index in [2.05, 4.69) is 90.9 Å². The average molecular weight is 415 g/mol. The Morgan fingerprint density at radius 3 is 2.26 bits per heavy atom. The van der Waals surface area contributed by atoms with Crippen LogP contribution in [-0.4, -0.2) is 15.0 Å². The molecule has 0 aliphatic heterocycles. The van der Waals surface area contributed by atoms with Crippen LogP contribution in [0.3, 0.4) is 0 Å². The van der Waals surface area contributed by atoms with Gasteiger partial charge in [-0.25, -0.2) is 0 Å². The Morgan fingerprint density at radius 2 is 1.65 bits per heavy atom. The van der Waals surface area contributed by atoms with Crippen LogP contribution in [0.2, 0.25) is 0 Å². The lowest BCUT2D eigenvalue weighted by molar-refractivity contribution is 0.378. The van der Waals surface area contributed by atoms with Crippen LogP contribution >= 0.6 is 0 Å². The molecule has 1 atom stereocenters. The number of nitrogens with zero attached hydrogens (tertiary/aromatic N) is 3. The third kappa shape index (κ3) is 6.74. The second kappa shape index (κ2) is 9.86. The molecular formula is C27H34N4. The highest BCUT2D eigenvalue weighted by atomic mass is 14.9. The van der Waals surface area contributed by atoms with Crippen LogP contribution in [0.4, 0.5) is 0 Å². The fourth-order valence-corrected chi connectivity index (χ4v) is 3.51. The van der Waals surface area contributed by atoms with Crippen molar-refractivity contribution in [2.24, 2.45) is 5.41 Å². The van der Waals surface area contributed by atoms with Gasteiger partial charge in [0.1, 0.15) is 0 Å². The van der Waals surface area contributed by atoms with Gasteiger partial charge in [0, 0.05) is 36.3 Å². The lowest BCUT2D eigenvalue weighted by Crippen LogP contribution is -2.19. The first-order chi connectivity index (χ1) is 14.7. The third-order valence-electron chi connectivity index (χ3n) is 5.40. The summed E-state index contributed by atoms with van der Waals surface area (Å²) in [5, 5.41) is 3.50. The van der Waals surface area contributed by atoms with E-state index in [0.29, 0.717) is 5.41 Å². The number of rotatable bonds is 8. The Labute approximate surface area is 186 Å². The molecular weight excluding hydrogens is 380 g/mol. The molecule has 1 aromatic carbocycles. The van der Waals surface area contributed by atoms with Crippen molar-refractivity contribution < 1.29 is 0 Å². The molecule has 162 valence electrons. The molecule has 0 spiro atoms. The summed E-state index contributed by atoms with van der Waals surface area (Å²) in [5.74, 6) is 0. The zero-order valence-electron chi connectivity index (χ0n) is 19.4. The number of aryl methyl sites for hydroxylation is 2. The van der Waals surface area contributed by atoms with Crippen molar-refractivity contribution in [3.8, 4) is 11.3 Å². The zero-order chi connectivity index (χ0) is 22.4. The highest BCUT2D eigenvalue weighted by molar-refractivity contribution is 5.61. The average Bonchev–Trinajstić information content (AvgIpc) is 2.73. The first-order valence-electron chi connectivity index (χ1n) is 11.0. The van der Waals surface area contributed by atoms with E-state index in [1.165, 1.54) is 11.1 Å². The van der Waals surface area contributed by atoms with Crippen LogP contribution in [0.1, 0.15) is 62.7 Å². The molecule has 0 radical (unpaired) electrons. The minimum atomic E-state index is 0.116. The molecule has 1 N–H and O–H groups in total. The first kappa shape index (κ1) is 22.7. The van der Waals surface area contributed by atoms with Gasteiger partial charge in [0.2, 0.25) is 0 Å². The molecule has 0 amide bonds. The van der Waals surface area contributed by atoms with Crippen LogP contribution in [0.5, 0.6) is 0 Å². The lowest BCUT2D eigenvalue weighted by atomic mass is 9.89. The smallest absolute Gasteiger partial charge is 0.0914 e. The molecule has 0 bridgehead atoms. The summed E-state index contributed by atoms with van der Waals surface area (Å²) in [5.41, 5.74) is 7.81. The van der Waals surface area contributed by atoms with Crippen molar-refractivity contribution in [1.82, 2.24) is 20.3 Å². The number of nitrogens with one attached hydrogen (secondary N) is 1. The maximum atomic E-state index is 4.68. The summed E-state index contributed by atoms with van der Waals surface area (Å²) in [6, 6.07) is 12.9. The van der Waals surface area contributed by atoms with Crippen LogP contribution < -0.4 is 5.32 Å². The van der Waals surface area contributed by atoms with E-state index >= 15 is 0 Å². The summed E-state index contributed by atoms with van der Waals surface area (Å²) in [7, 11) is 0. The van der Waals surface area contributed by atoms with Gasteiger partial charge in [-0.3, -0.25) is 15.0 Å². The molecule has 1 unspecified atom stereocenters. The first-order valence-corrected chi connectivity index (χ1v) is 11.0. The Morgan fingerprint density at radius 1 is 0.968 bits per heavy atom. The third-order valence-corrected chi connectivity index (χ3v) is 5.40. The number of hydrogen-bond donors (Lipinski definition) is 1. The minimum Gasteiger partial charge on any atom is -0.380 e. The molecule has 0 fully saturated rings. The van der Waals surface area contributed by atoms with E-state index < -0.39 is 0 Å². The standard InChI is InChI=1S/C27H34N4/c1-19(17-22-7-10-24(11-8-22)26-21(3)28-15-16-29-26)31-20(2)25-12-9-23(18-30-25)13-14-27(4,5)6/h7-12,15-16,18,20,31H,1,13-14,17H2,2-6H3. The van der Waals surface area contributed by atoms with Crippen molar-refractivity contribution in [1.29, 1.82) is 0 Å². The van der Waals surface area contributed by atoms with Gasteiger partial charge in [-0.05, 0) is 49.3 Å². The largest absolute Gasteiger partial charge is 0.380 e. The summed E-state index contributed by atoms with van der Waals surface area (Å²) >= 11 is 0. The molecule has 4 nitrogen and oxygen atoms in total. The van der Waals surface area contributed by atoms with Gasteiger partial charge in [0.15, 0.2) is 0 Å². The molecule has 2 aromatic heterocycles. The maximum absolute atomic E-state index is 4.68. The highest BCUT2D eigenvalue weighted by Crippen LogP contribution is 2.23. The van der Waals surface area contributed by atoms with Crippen molar-refractivity contribution in [2.75, 3.05) is 0 Å². The van der Waals surface area contributed by atoms with Gasteiger partial charge in [0.25, 0.3) is 0 Å². The monoisotopic (exact) mass is 414 g/mol. The van der Waals surface area contributed by atoms with Crippen LogP contribution in [0.15, 0.2) is 67.3 Å². The van der Waals surface area contributed by atoms with Gasteiger partial charge in [-0.15, -0.1) is 0 Å². The quantitative estimate of drug-likeness (QED) is 0.474. The minimum absolute atomic E-state index is 0.116. The normalized spacial score (nSPS) is 12.4. The topological polar surface area (TPSA) is 50.7 Å². The van der Waals surface area contributed by atoms with Crippen molar-refractivity contribution in [2.45, 2.75) is 59.9 Å². The molecule has 0 aliphatic carbocycles. The maximum Gasteiger partial charge on any atom is 0.0914 e. The predicted molar refractivity (Wildman–Crippen MR) is 129 cm³/mol. The van der Waals surface area contributed by atoms with Crippen LogP contribution in [-0.2, 0) is 12.8 Å². The molecule has 3 aromatic rings. The lowest BCUT2D eigenvalue weighted by Gasteiger charge is -2.19. The number of aromatic nitrogens is 3. The van der Waals surface area contributed by atoms with Crippen molar-refractivity contribution >= 4 is 0 Å². The number of hydrogen-bond acceptors (Lipinski definition) is 4. The second-order valence-corrected chi connectivity index (χ2v) is 9.49. The van der Waals surface area contributed by atoms with Gasteiger partial charge in [0.05, 0.1) is 23.1 Å². The van der Waals surface area contributed by atoms with Gasteiger partial charge in [-0.2, -0.15) is 0 Å². The summed E-state index contributed by atoms with van der Waals surface area (Å²) in [6.07, 6.45) is 8.46. The second-order valence-electron chi connectivity index (χ2n) is 9.49. The fraction of sp³-hybridized carbons (Fsp3) is 0.370. The SMILES string of the molecule is C=C(Cc1ccc(-c2nccnc2C)cc1)NC(C)c1ccc(CCC(C)(C)C)cn1. The van der Waals surface area contributed by atoms with E-state index in [4.69, 9.17) is 0 Å². The van der Waals surface area contributed by atoms with Crippen molar-refractivity contribution in [3.63, 3.8) is 0 Å². The highest BCUT2D eigenvalue weighted by Gasteiger charge is 2.12. The predicted octanol–water partition coefficient (Wildman–Crippen LogP) is 6.23. The van der Waals surface area contributed by atoms with E-state index in [1.54, 1.807) is 12.4 Å². The number of benzene rings is 1. The summed E-state index contributed by atoms with van der Waals surface area (Å²) in [4.78, 5) is 13.4. The number of pyridine rings is 1. The van der Waals surface area contributed by atoms with Gasteiger partial charge >= 0.3 is 0 Å². The molecule has 3 rings (SSSR count). The fourth-order valence-electron chi connectivity index (χ4n) is 3.51. The van der Waals surface area contributed by atoms with E-state index in [9.17, 15) is 0 Å². The summed E-state index contributed by atoms with van der Waals surface area (Å²) < 4.78 is 0. The van der Waals surface area contributed by atoms with E-state index in [-0.39, 0.29) is 6.04 Å². The summed E-state index contributed by atoms with van der Waals surface area (Å²) in [6.45, 7) is 15.2. The zero-order valence-corrected chi connectivity index (χ0v) is 19.4. The molecule has 4 heteroatoms. The Balaban J connectivity index is 1.55.